The predicted octanol–water partition coefficient (Wildman–Crippen LogP) is 3.75. The number of halogens is 1. The van der Waals surface area contributed by atoms with Crippen molar-refractivity contribution in [2.45, 2.75) is 6.92 Å². The van der Waals surface area contributed by atoms with Gasteiger partial charge in [-0.15, -0.1) is 0 Å². The smallest absolute Gasteiger partial charge is 0.308 e. The van der Waals surface area contributed by atoms with Crippen LogP contribution in [0.5, 0.6) is 0 Å². The van der Waals surface area contributed by atoms with Crippen LogP contribution in [0.2, 0.25) is 0 Å². The van der Waals surface area contributed by atoms with Gasteiger partial charge in [-0.05, 0) is 48.9 Å². The van der Waals surface area contributed by atoms with Gasteiger partial charge in [-0.2, -0.15) is 10.2 Å². The molecule has 0 spiro atoms. The Balaban J connectivity index is 1.48. The van der Waals surface area contributed by atoms with E-state index in [1.807, 2.05) is 6.92 Å². The van der Waals surface area contributed by atoms with Crippen LogP contribution in [0.1, 0.15) is 5.56 Å². The maximum atomic E-state index is 13.6. The Hall–Kier alpha value is -4.01. The molecule has 2 aromatic heterocycles. The lowest BCUT2D eigenvalue weighted by molar-refractivity contribution is 0.262. The SMILES string of the molecule is Cc1ccc(F)cc1-n1nccc1NC(=O)Nc1ccc(-c2nc[nH]n2)cc1. The molecule has 2 heterocycles. The van der Waals surface area contributed by atoms with Crippen LogP contribution in [0.3, 0.4) is 0 Å². The average Bonchev–Trinajstić information content (AvgIpc) is 3.36. The van der Waals surface area contributed by atoms with Gasteiger partial charge in [-0.3, -0.25) is 10.4 Å². The van der Waals surface area contributed by atoms with Crippen LogP contribution in [0, 0.1) is 12.7 Å². The highest BCUT2D eigenvalue weighted by atomic mass is 19.1. The van der Waals surface area contributed by atoms with E-state index >= 15 is 0 Å². The van der Waals surface area contributed by atoms with E-state index in [-0.39, 0.29) is 5.82 Å². The largest absolute Gasteiger partial charge is 0.324 e. The van der Waals surface area contributed by atoms with Crippen LogP contribution in [-0.2, 0) is 0 Å². The standard InChI is InChI=1S/C19H16FN7O/c1-12-2-5-14(20)10-16(12)27-17(8-9-23-27)25-19(28)24-15-6-3-13(4-7-15)18-21-11-22-26-18/h2-11H,1H3,(H,21,22,26)(H2,24,25,28). The summed E-state index contributed by atoms with van der Waals surface area (Å²) in [5.41, 5.74) is 2.81. The van der Waals surface area contributed by atoms with E-state index in [4.69, 9.17) is 0 Å². The van der Waals surface area contributed by atoms with Gasteiger partial charge in [0.25, 0.3) is 0 Å². The van der Waals surface area contributed by atoms with Crippen molar-refractivity contribution in [3.63, 3.8) is 0 Å². The zero-order valence-corrected chi connectivity index (χ0v) is 14.8. The summed E-state index contributed by atoms with van der Waals surface area (Å²) in [6.45, 7) is 1.84. The van der Waals surface area contributed by atoms with Gasteiger partial charge in [0.2, 0.25) is 0 Å². The fourth-order valence-electron chi connectivity index (χ4n) is 2.73. The normalized spacial score (nSPS) is 10.6. The van der Waals surface area contributed by atoms with Crippen LogP contribution in [0.15, 0.2) is 61.1 Å². The summed E-state index contributed by atoms with van der Waals surface area (Å²) in [4.78, 5) is 16.4. The van der Waals surface area contributed by atoms with Crippen LogP contribution < -0.4 is 10.6 Å². The van der Waals surface area contributed by atoms with Gasteiger partial charge in [-0.1, -0.05) is 6.07 Å². The first-order chi connectivity index (χ1) is 13.6. The molecular formula is C19H16FN7O. The number of carbonyl (C=O) groups is 1. The van der Waals surface area contributed by atoms with Gasteiger partial charge in [0.05, 0.1) is 11.9 Å². The third-order valence-electron chi connectivity index (χ3n) is 4.10. The Labute approximate surface area is 159 Å². The van der Waals surface area contributed by atoms with E-state index in [1.54, 1.807) is 36.4 Å². The Morgan fingerprint density at radius 3 is 2.68 bits per heavy atom. The first-order valence-corrected chi connectivity index (χ1v) is 8.45. The summed E-state index contributed by atoms with van der Waals surface area (Å²) in [5, 5.41) is 16.3. The van der Waals surface area contributed by atoms with Crippen molar-refractivity contribution >= 4 is 17.5 Å². The maximum Gasteiger partial charge on any atom is 0.324 e. The number of aromatic amines is 1. The third kappa shape index (κ3) is 3.58. The number of rotatable bonds is 4. The summed E-state index contributed by atoms with van der Waals surface area (Å²) in [6.07, 6.45) is 3.03. The number of anilines is 2. The van der Waals surface area contributed by atoms with Crippen molar-refractivity contribution in [2.24, 2.45) is 0 Å². The van der Waals surface area contributed by atoms with Gasteiger partial charge in [0, 0.05) is 17.3 Å². The van der Waals surface area contributed by atoms with Crippen LogP contribution in [-0.4, -0.2) is 31.0 Å². The number of aryl methyl sites for hydroxylation is 1. The lowest BCUT2D eigenvalue weighted by Gasteiger charge is -2.12. The van der Waals surface area contributed by atoms with Gasteiger partial charge in [0.1, 0.15) is 18.0 Å². The fraction of sp³-hybridized carbons (Fsp3) is 0.0526. The number of urea groups is 1. The Morgan fingerprint density at radius 2 is 1.93 bits per heavy atom. The monoisotopic (exact) mass is 377 g/mol. The number of H-pyrrole nitrogens is 1. The van der Waals surface area contributed by atoms with Crippen LogP contribution in [0.25, 0.3) is 17.1 Å². The topological polar surface area (TPSA) is 101 Å². The first-order valence-electron chi connectivity index (χ1n) is 8.45. The Bertz CT molecular complexity index is 1100. The summed E-state index contributed by atoms with van der Waals surface area (Å²) in [5.74, 6) is 0.618. The van der Waals surface area contributed by atoms with Gasteiger partial charge in [-0.25, -0.2) is 18.9 Å². The number of nitrogens with one attached hydrogen (secondary N) is 3. The van der Waals surface area contributed by atoms with Crippen molar-refractivity contribution in [2.75, 3.05) is 10.6 Å². The second-order valence-electron chi connectivity index (χ2n) is 6.04. The molecule has 0 aliphatic heterocycles. The van der Waals surface area contributed by atoms with Crippen molar-refractivity contribution in [3.05, 3.63) is 72.4 Å². The molecular weight excluding hydrogens is 361 g/mol. The first kappa shape index (κ1) is 17.4. The summed E-state index contributed by atoms with van der Waals surface area (Å²) < 4.78 is 15.1. The van der Waals surface area contributed by atoms with Gasteiger partial charge in [0.15, 0.2) is 5.82 Å². The Kier molecular flexibility index (Phi) is 4.55. The molecule has 0 aliphatic rings. The number of nitrogens with zero attached hydrogens (tertiary/aromatic N) is 4. The third-order valence-corrected chi connectivity index (χ3v) is 4.10. The second-order valence-corrected chi connectivity index (χ2v) is 6.04. The molecule has 28 heavy (non-hydrogen) atoms. The Morgan fingerprint density at radius 1 is 1.11 bits per heavy atom. The van der Waals surface area contributed by atoms with Crippen molar-refractivity contribution in [3.8, 4) is 17.1 Å². The van der Waals surface area contributed by atoms with Crippen LogP contribution >= 0.6 is 0 Å². The molecule has 2 aromatic carbocycles. The van der Waals surface area contributed by atoms with E-state index < -0.39 is 6.03 Å². The van der Waals surface area contributed by atoms with Crippen molar-refractivity contribution in [1.29, 1.82) is 0 Å². The van der Waals surface area contributed by atoms with E-state index in [0.29, 0.717) is 23.0 Å². The number of amides is 2. The highest BCUT2D eigenvalue weighted by molar-refractivity contribution is 5.99. The zero-order valence-electron chi connectivity index (χ0n) is 14.8. The molecule has 4 rings (SSSR count). The maximum absolute atomic E-state index is 13.6. The molecule has 0 fully saturated rings. The highest BCUT2D eigenvalue weighted by Crippen LogP contribution is 2.21. The molecule has 8 nitrogen and oxygen atoms in total. The van der Waals surface area contributed by atoms with Gasteiger partial charge < -0.3 is 5.32 Å². The molecule has 0 saturated heterocycles. The minimum absolute atomic E-state index is 0.377. The number of benzene rings is 2. The summed E-state index contributed by atoms with van der Waals surface area (Å²) in [7, 11) is 0. The molecule has 2 amide bonds. The molecule has 3 N–H and O–H groups in total. The minimum Gasteiger partial charge on any atom is -0.308 e. The van der Waals surface area contributed by atoms with Gasteiger partial charge >= 0.3 is 6.03 Å². The predicted molar refractivity (Wildman–Crippen MR) is 103 cm³/mol. The summed E-state index contributed by atoms with van der Waals surface area (Å²) >= 11 is 0. The number of carbonyl (C=O) groups excluding carboxylic acids is 1. The van der Waals surface area contributed by atoms with Crippen molar-refractivity contribution in [1.82, 2.24) is 25.0 Å². The number of hydrogen-bond donors (Lipinski definition) is 3. The number of hydrogen-bond acceptors (Lipinski definition) is 4. The molecule has 140 valence electrons. The second kappa shape index (κ2) is 7.31. The fourth-order valence-corrected chi connectivity index (χ4v) is 2.73. The quantitative estimate of drug-likeness (QED) is 0.504. The highest BCUT2D eigenvalue weighted by Gasteiger charge is 2.12. The zero-order chi connectivity index (χ0) is 19.5. The average molecular weight is 377 g/mol. The van der Waals surface area contributed by atoms with E-state index in [9.17, 15) is 9.18 Å². The molecule has 4 aromatic rings. The molecule has 0 unspecified atom stereocenters. The van der Waals surface area contributed by atoms with E-state index in [1.165, 1.54) is 29.3 Å². The van der Waals surface area contributed by atoms with Crippen LogP contribution in [0.4, 0.5) is 20.7 Å². The van der Waals surface area contributed by atoms with Crippen molar-refractivity contribution < 1.29 is 9.18 Å². The molecule has 0 aliphatic carbocycles. The number of aromatic nitrogens is 5. The molecule has 0 radical (unpaired) electrons. The van der Waals surface area contributed by atoms with E-state index in [0.717, 1.165) is 11.1 Å². The van der Waals surface area contributed by atoms with E-state index in [2.05, 4.69) is 30.9 Å². The molecule has 0 saturated carbocycles. The molecule has 0 bridgehead atoms. The lowest BCUT2D eigenvalue weighted by atomic mass is 10.2. The molecule has 9 heteroatoms. The summed E-state index contributed by atoms with van der Waals surface area (Å²) in [6, 6.07) is 12.7. The molecule has 0 atom stereocenters. The minimum atomic E-state index is -0.443. The lowest BCUT2D eigenvalue weighted by Crippen LogP contribution is -2.21.